The lowest BCUT2D eigenvalue weighted by atomic mass is 10.1. The van der Waals surface area contributed by atoms with Gasteiger partial charge in [-0.3, -0.25) is 14.3 Å². The van der Waals surface area contributed by atoms with E-state index in [1.54, 1.807) is 12.1 Å². The van der Waals surface area contributed by atoms with E-state index in [4.69, 9.17) is 14.6 Å². The Kier molecular flexibility index (Phi) is 4.54. The molecule has 2 aromatic rings. The van der Waals surface area contributed by atoms with Crippen molar-refractivity contribution in [3.05, 3.63) is 45.4 Å². The fraction of sp³-hybridized carbons (Fsp3) is 0.385. The van der Waals surface area contributed by atoms with Crippen LogP contribution >= 0.6 is 0 Å². The Morgan fingerprint density at radius 1 is 1.30 bits per heavy atom. The summed E-state index contributed by atoms with van der Waals surface area (Å²) < 4.78 is 6.48. The van der Waals surface area contributed by atoms with Crippen LogP contribution < -0.4 is 11.2 Å². The van der Waals surface area contributed by atoms with Gasteiger partial charge >= 0.3 is 5.69 Å². The Morgan fingerprint density at radius 2 is 2.05 bits per heavy atom. The zero-order valence-electron chi connectivity index (χ0n) is 10.8. The first kappa shape index (κ1) is 14.3. The van der Waals surface area contributed by atoms with E-state index in [2.05, 4.69) is 4.98 Å². The minimum absolute atomic E-state index is 0.153. The van der Waals surface area contributed by atoms with E-state index in [1.165, 1.54) is 17.0 Å². The van der Waals surface area contributed by atoms with E-state index < -0.39 is 11.2 Å². The number of aromatic nitrogens is 2. The molecule has 0 unspecified atom stereocenters. The lowest BCUT2D eigenvalue weighted by Gasteiger charge is -2.12. The molecule has 20 heavy (non-hydrogen) atoms. The third-order valence-electron chi connectivity index (χ3n) is 3.09. The van der Waals surface area contributed by atoms with Crippen molar-refractivity contribution in [1.29, 1.82) is 0 Å². The number of nitrogens with zero attached hydrogens (tertiary/aromatic N) is 1. The highest BCUT2D eigenvalue weighted by atomic mass is 16.3. The maximum absolute atomic E-state index is 11.7. The van der Waals surface area contributed by atoms with Crippen molar-refractivity contribution in [2.24, 2.45) is 5.92 Å². The van der Waals surface area contributed by atoms with Gasteiger partial charge in [-0.15, -0.1) is 0 Å². The van der Waals surface area contributed by atoms with Crippen molar-refractivity contribution < 1.29 is 14.6 Å². The number of aliphatic hydroxyl groups excluding tert-OH is 2. The topological polar surface area (TPSA) is 108 Å². The van der Waals surface area contributed by atoms with Gasteiger partial charge in [-0.2, -0.15) is 0 Å². The fourth-order valence-corrected chi connectivity index (χ4v) is 1.84. The number of hydrogen-bond acceptors (Lipinski definition) is 5. The summed E-state index contributed by atoms with van der Waals surface area (Å²) in [5.74, 6) is 0.0850. The van der Waals surface area contributed by atoms with Crippen molar-refractivity contribution in [2.45, 2.75) is 13.0 Å². The minimum atomic E-state index is -0.528. The standard InChI is InChI=1S/C13H16N2O5/c16-7-9(8-17)3-4-15-6-10(11-2-1-5-20-11)12(18)14-13(15)19/h1-2,5-6,9,16-17H,3-4,7-8H2,(H,14,18,19). The van der Waals surface area contributed by atoms with Crippen LogP contribution in [0.25, 0.3) is 11.3 Å². The van der Waals surface area contributed by atoms with Crippen molar-refractivity contribution in [3.8, 4) is 11.3 Å². The lowest BCUT2D eigenvalue weighted by Crippen LogP contribution is -2.31. The van der Waals surface area contributed by atoms with Gasteiger partial charge in [-0.05, 0) is 18.6 Å². The Morgan fingerprint density at radius 3 is 2.65 bits per heavy atom. The van der Waals surface area contributed by atoms with Gasteiger partial charge in [0, 0.05) is 31.9 Å². The van der Waals surface area contributed by atoms with Crippen LogP contribution in [-0.2, 0) is 6.54 Å². The molecule has 0 amide bonds. The number of aliphatic hydroxyl groups is 2. The summed E-state index contributed by atoms with van der Waals surface area (Å²) in [7, 11) is 0. The first-order valence-corrected chi connectivity index (χ1v) is 6.25. The minimum Gasteiger partial charge on any atom is -0.464 e. The number of rotatable bonds is 6. The zero-order chi connectivity index (χ0) is 14.5. The van der Waals surface area contributed by atoms with Gasteiger partial charge in [0.1, 0.15) is 5.76 Å². The third kappa shape index (κ3) is 3.06. The molecule has 0 atom stereocenters. The molecule has 3 N–H and O–H groups in total. The summed E-state index contributed by atoms with van der Waals surface area (Å²) in [4.78, 5) is 25.7. The molecule has 0 spiro atoms. The van der Waals surface area contributed by atoms with Crippen LogP contribution in [0.4, 0.5) is 0 Å². The third-order valence-corrected chi connectivity index (χ3v) is 3.09. The average molecular weight is 280 g/mol. The summed E-state index contributed by atoms with van der Waals surface area (Å²) in [6.07, 6.45) is 3.29. The molecule has 2 heterocycles. The quantitative estimate of drug-likeness (QED) is 0.678. The molecule has 0 saturated heterocycles. The second-order valence-electron chi connectivity index (χ2n) is 4.49. The molecular weight excluding hydrogens is 264 g/mol. The number of hydrogen-bond donors (Lipinski definition) is 3. The molecule has 108 valence electrons. The van der Waals surface area contributed by atoms with Gasteiger partial charge in [0.25, 0.3) is 5.56 Å². The average Bonchev–Trinajstić information content (AvgIpc) is 2.95. The van der Waals surface area contributed by atoms with Gasteiger partial charge in [0.05, 0.1) is 11.8 Å². The molecule has 7 heteroatoms. The monoisotopic (exact) mass is 280 g/mol. The van der Waals surface area contributed by atoms with Crippen molar-refractivity contribution in [3.63, 3.8) is 0 Å². The van der Waals surface area contributed by atoms with Gasteiger partial charge in [0.15, 0.2) is 0 Å². The van der Waals surface area contributed by atoms with Crippen LogP contribution in [0.15, 0.2) is 38.6 Å². The maximum Gasteiger partial charge on any atom is 0.328 e. The Bertz CT molecular complexity index is 652. The molecule has 0 fully saturated rings. The molecular formula is C13H16N2O5. The normalized spacial score (nSPS) is 11.2. The highest BCUT2D eigenvalue weighted by molar-refractivity contribution is 5.54. The maximum atomic E-state index is 11.7. The van der Waals surface area contributed by atoms with Crippen LogP contribution in [0, 0.1) is 5.92 Å². The van der Waals surface area contributed by atoms with E-state index >= 15 is 0 Å². The molecule has 0 saturated carbocycles. The zero-order valence-corrected chi connectivity index (χ0v) is 10.8. The highest BCUT2D eigenvalue weighted by Crippen LogP contribution is 2.14. The van der Waals surface area contributed by atoms with Crippen LogP contribution in [0.5, 0.6) is 0 Å². The first-order valence-electron chi connectivity index (χ1n) is 6.25. The second-order valence-corrected chi connectivity index (χ2v) is 4.49. The van der Waals surface area contributed by atoms with Crippen molar-refractivity contribution in [1.82, 2.24) is 9.55 Å². The molecule has 2 aromatic heterocycles. The molecule has 2 rings (SSSR count). The van der Waals surface area contributed by atoms with Gasteiger partial charge < -0.3 is 14.6 Å². The lowest BCUT2D eigenvalue weighted by molar-refractivity contribution is 0.140. The molecule has 0 aliphatic carbocycles. The van der Waals surface area contributed by atoms with Gasteiger partial charge in [-0.1, -0.05) is 0 Å². The predicted octanol–water partition coefficient (Wildman–Crippen LogP) is -0.213. The van der Waals surface area contributed by atoms with E-state index in [0.717, 1.165) is 0 Å². The van der Waals surface area contributed by atoms with Crippen molar-refractivity contribution in [2.75, 3.05) is 13.2 Å². The van der Waals surface area contributed by atoms with Crippen LogP contribution in [0.3, 0.4) is 0 Å². The predicted molar refractivity (Wildman–Crippen MR) is 71.3 cm³/mol. The molecule has 0 aliphatic heterocycles. The molecule has 0 bridgehead atoms. The number of aryl methyl sites for hydroxylation is 1. The molecule has 0 aliphatic rings. The number of aromatic amines is 1. The van der Waals surface area contributed by atoms with E-state index in [-0.39, 0.29) is 31.2 Å². The molecule has 0 aromatic carbocycles. The second kappa shape index (κ2) is 6.36. The first-order chi connectivity index (χ1) is 9.65. The van der Waals surface area contributed by atoms with E-state index in [9.17, 15) is 9.59 Å². The Balaban J connectivity index is 2.28. The largest absolute Gasteiger partial charge is 0.464 e. The van der Waals surface area contributed by atoms with Gasteiger partial charge in [0.2, 0.25) is 0 Å². The highest BCUT2D eigenvalue weighted by Gasteiger charge is 2.11. The number of furan rings is 1. The summed E-state index contributed by atoms with van der Waals surface area (Å²) in [5, 5.41) is 18.0. The summed E-state index contributed by atoms with van der Waals surface area (Å²) in [5.41, 5.74) is -0.777. The number of nitrogens with one attached hydrogen (secondary N) is 1. The van der Waals surface area contributed by atoms with Crippen LogP contribution in [0.1, 0.15) is 6.42 Å². The van der Waals surface area contributed by atoms with E-state index in [1.807, 2.05) is 0 Å². The molecule has 0 radical (unpaired) electrons. The SMILES string of the molecule is O=c1[nH]c(=O)n(CCC(CO)CO)cc1-c1ccco1. The Hall–Kier alpha value is -2.12. The number of H-pyrrole nitrogens is 1. The summed E-state index contributed by atoms with van der Waals surface area (Å²) >= 11 is 0. The Labute approximate surface area is 114 Å². The van der Waals surface area contributed by atoms with E-state index in [0.29, 0.717) is 12.2 Å². The van der Waals surface area contributed by atoms with Gasteiger partial charge in [-0.25, -0.2) is 4.79 Å². The summed E-state index contributed by atoms with van der Waals surface area (Å²) in [6.45, 7) is -0.0194. The fourth-order valence-electron chi connectivity index (χ4n) is 1.84. The van der Waals surface area contributed by atoms with Crippen molar-refractivity contribution >= 4 is 0 Å². The van der Waals surface area contributed by atoms with Crippen LogP contribution in [0.2, 0.25) is 0 Å². The molecule has 7 nitrogen and oxygen atoms in total. The van der Waals surface area contributed by atoms with Crippen LogP contribution in [-0.4, -0.2) is 33.0 Å². The smallest absolute Gasteiger partial charge is 0.328 e. The summed E-state index contributed by atoms with van der Waals surface area (Å²) in [6, 6.07) is 3.28.